The maximum Gasteiger partial charge on any atom is 0.267 e. The second kappa shape index (κ2) is 7.87. The number of halogens is 3. The molecule has 2 heterocycles. The van der Waals surface area contributed by atoms with Gasteiger partial charge in [-0.15, -0.1) is 11.8 Å². The van der Waals surface area contributed by atoms with Gasteiger partial charge in [0, 0.05) is 22.0 Å². The Labute approximate surface area is 173 Å². The molecular formula is C22H15F3N2O2S. The number of carbonyl (C=O) groups is 1. The zero-order valence-electron chi connectivity index (χ0n) is 15.7. The zero-order valence-corrected chi connectivity index (χ0v) is 16.5. The fourth-order valence-corrected chi connectivity index (χ4v) is 4.48. The van der Waals surface area contributed by atoms with E-state index in [1.54, 1.807) is 31.4 Å². The van der Waals surface area contributed by atoms with Crippen LogP contribution in [0.3, 0.4) is 0 Å². The lowest BCUT2D eigenvalue weighted by Crippen LogP contribution is -2.14. The van der Waals surface area contributed by atoms with Crippen LogP contribution in [0, 0.1) is 24.4 Å². The van der Waals surface area contributed by atoms with Gasteiger partial charge in [-0.05, 0) is 54.4 Å². The van der Waals surface area contributed by atoms with Crippen LogP contribution in [-0.2, 0) is 0 Å². The Morgan fingerprint density at radius 3 is 2.60 bits per heavy atom. The lowest BCUT2D eigenvalue weighted by atomic mass is 10.00. The van der Waals surface area contributed by atoms with Crippen molar-refractivity contribution in [2.24, 2.45) is 5.73 Å². The molecule has 1 unspecified atom stereocenters. The molecule has 0 bridgehead atoms. The smallest absolute Gasteiger partial charge is 0.267 e. The lowest BCUT2D eigenvalue weighted by Gasteiger charge is -2.21. The fourth-order valence-electron chi connectivity index (χ4n) is 3.18. The Kier molecular flexibility index (Phi) is 5.26. The Hall–Kier alpha value is -3.26. The number of thioether (sulfide) groups is 1. The highest BCUT2D eigenvalue weighted by atomic mass is 32.2. The van der Waals surface area contributed by atoms with Gasteiger partial charge >= 0.3 is 0 Å². The summed E-state index contributed by atoms with van der Waals surface area (Å²) in [5.41, 5.74) is 6.43. The van der Waals surface area contributed by atoms with Crippen LogP contribution in [0.15, 0.2) is 64.2 Å². The van der Waals surface area contributed by atoms with Gasteiger partial charge in [-0.3, -0.25) is 9.78 Å². The number of aryl methyl sites for hydroxylation is 1. The zero-order chi connectivity index (χ0) is 21.4. The van der Waals surface area contributed by atoms with E-state index >= 15 is 0 Å². The summed E-state index contributed by atoms with van der Waals surface area (Å²) in [7, 11) is 0. The van der Waals surface area contributed by atoms with Crippen LogP contribution in [0.1, 0.15) is 32.4 Å². The number of nitrogens with zero attached hydrogens (tertiary/aromatic N) is 1. The minimum Gasteiger partial charge on any atom is -0.464 e. The Morgan fingerprint density at radius 1 is 1.10 bits per heavy atom. The second-order valence-corrected chi connectivity index (χ2v) is 7.84. The minimum absolute atomic E-state index is 0.0252. The first-order valence-corrected chi connectivity index (χ1v) is 9.76. The normalized spacial score (nSPS) is 12.3. The van der Waals surface area contributed by atoms with Crippen LogP contribution in [0.5, 0.6) is 0 Å². The molecule has 1 amide bonds. The molecular weight excluding hydrogens is 413 g/mol. The molecule has 2 aromatic heterocycles. The van der Waals surface area contributed by atoms with E-state index < -0.39 is 34.2 Å². The number of fused-ring (bicyclic) bond motifs is 1. The van der Waals surface area contributed by atoms with Gasteiger partial charge < -0.3 is 10.2 Å². The van der Waals surface area contributed by atoms with Gasteiger partial charge in [-0.2, -0.15) is 0 Å². The van der Waals surface area contributed by atoms with Crippen molar-refractivity contribution in [3.63, 3.8) is 0 Å². The van der Waals surface area contributed by atoms with Crippen LogP contribution >= 0.6 is 11.8 Å². The third-order valence-corrected chi connectivity index (χ3v) is 5.96. The number of carbonyl (C=O) groups excluding carboxylic acids is 1. The van der Waals surface area contributed by atoms with Gasteiger partial charge in [0.15, 0.2) is 11.6 Å². The average molecular weight is 428 g/mol. The molecule has 0 aliphatic heterocycles. The van der Waals surface area contributed by atoms with Crippen LogP contribution in [0.4, 0.5) is 13.2 Å². The first-order chi connectivity index (χ1) is 14.3. The van der Waals surface area contributed by atoms with Crippen LogP contribution in [0.2, 0.25) is 0 Å². The summed E-state index contributed by atoms with van der Waals surface area (Å²) < 4.78 is 48.7. The third kappa shape index (κ3) is 3.66. The molecule has 2 N–H and O–H groups in total. The Bertz CT molecular complexity index is 1270. The number of aromatic nitrogens is 1. The van der Waals surface area contributed by atoms with E-state index in [2.05, 4.69) is 4.98 Å². The molecule has 2 aromatic carbocycles. The van der Waals surface area contributed by atoms with Crippen LogP contribution in [-0.4, -0.2) is 10.9 Å². The van der Waals surface area contributed by atoms with Gasteiger partial charge in [-0.25, -0.2) is 13.2 Å². The molecule has 0 aliphatic carbocycles. The molecule has 0 aliphatic rings. The number of amides is 1. The summed E-state index contributed by atoms with van der Waals surface area (Å²) in [6.07, 6.45) is 2.88. The number of benzene rings is 2. The molecule has 8 heteroatoms. The molecule has 4 aromatic rings. The molecule has 0 fully saturated rings. The highest BCUT2D eigenvalue weighted by molar-refractivity contribution is 7.99. The standard InChI is InChI=1S/C22H15F3N2O2S/c1-11-8-17(22(26)28)27-10-14(11)21(19-15(23)4-5-16(24)20(19)25)30-13-3-2-12-6-7-29-18(12)9-13/h2-10,21H,1H3,(H2,26,28). The highest BCUT2D eigenvalue weighted by Gasteiger charge is 2.27. The fraction of sp³-hybridized carbons (Fsp3) is 0.0909. The molecule has 4 nitrogen and oxygen atoms in total. The topological polar surface area (TPSA) is 69.1 Å². The predicted octanol–water partition coefficient (Wildman–Crippen LogP) is 5.53. The Balaban J connectivity index is 1.87. The van der Waals surface area contributed by atoms with Gasteiger partial charge in [-0.1, -0.05) is 6.07 Å². The SMILES string of the molecule is Cc1cc(C(N)=O)ncc1C(Sc1ccc2ccoc2c1)c1c(F)ccc(F)c1F. The average Bonchev–Trinajstić information content (AvgIpc) is 3.18. The first kappa shape index (κ1) is 20.0. The molecule has 0 saturated carbocycles. The first-order valence-electron chi connectivity index (χ1n) is 8.89. The van der Waals surface area contributed by atoms with Gasteiger partial charge in [0.1, 0.15) is 17.1 Å². The molecule has 152 valence electrons. The number of hydrogen-bond acceptors (Lipinski definition) is 4. The minimum atomic E-state index is -1.27. The van der Waals surface area contributed by atoms with Gasteiger partial charge in [0.25, 0.3) is 5.91 Å². The summed E-state index contributed by atoms with van der Waals surface area (Å²) >= 11 is 1.12. The van der Waals surface area contributed by atoms with E-state index in [0.717, 1.165) is 29.3 Å². The lowest BCUT2D eigenvalue weighted by molar-refractivity contribution is 0.0995. The van der Waals surface area contributed by atoms with Crippen molar-refractivity contribution < 1.29 is 22.4 Å². The largest absolute Gasteiger partial charge is 0.464 e. The van der Waals surface area contributed by atoms with Crippen LogP contribution in [0.25, 0.3) is 11.0 Å². The molecule has 0 saturated heterocycles. The quantitative estimate of drug-likeness (QED) is 0.335. The van der Waals surface area contributed by atoms with Crippen molar-refractivity contribution in [3.05, 3.63) is 94.8 Å². The number of primary amides is 1. The molecule has 0 spiro atoms. The number of furan rings is 1. The summed E-state index contributed by atoms with van der Waals surface area (Å²) in [6.45, 7) is 1.67. The Morgan fingerprint density at radius 2 is 1.87 bits per heavy atom. The van der Waals surface area contributed by atoms with Crippen molar-refractivity contribution in [1.82, 2.24) is 4.98 Å². The van der Waals surface area contributed by atoms with E-state index in [1.807, 2.05) is 6.07 Å². The monoisotopic (exact) mass is 428 g/mol. The van der Waals surface area contributed by atoms with E-state index in [9.17, 15) is 18.0 Å². The molecule has 1 atom stereocenters. The maximum atomic E-state index is 14.7. The van der Waals surface area contributed by atoms with Gasteiger partial charge in [0.05, 0.1) is 11.5 Å². The van der Waals surface area contributed by atoms with Crippen molar-refractivity contribution in [2.45, 2.75) is 17.1 Å². The van der Waals surface area contributed by atoms with Crippen molar-refractivity contribution in [2.75, 3.05) is 0 Å². The summed E-state index contributed by atoms with van der Waals surface area (Å²) in [6, 6.07) is 10.2. The summed E-state index contributed by atoms with van der Waals surface area (Å²) in [5, 5.41) is -0.0924. The predicted molar refractivity (Wildman–Crippen MR) is 108 cm³/mol. The number of nitrogens with two attached hydrogens (primary N) is 1. The van der Waals surface area contributed by atoms with Crippen molar-refractivity contribution in [1.29, 1.82) is 0 Å². The van der Waals surface area contributed by atoms with E-state index in [-0.39, 0.29) is 5.69 Å². The van der Waals surface area contributed by atoms with Crippen molar-refractivity contribution >= 4 is 28.6 Å². The van der Waals surface area contributed by atoms with E-state index in [0.29, 0.717) is 21.6 Å². The second-order valence-electron chi connectivity index (χ2n) is 6.67. The van der Waals surface area contributed by atoms with Crippen molar-refractivity contribution in [3.8, 4) is 0 Å². The number of rotatable bonds is 5. The van der Waals surface area contributed by atoms with E-state index in [1.165, 1.54) is 12.3 Å². The number of pyridine rings is 1. The number of hydrogen-bond donors (Lipinski definition) is 1. The van der Waals surface area contributed by atoms with Gasteiger partial charge in [0.2, 0.25) is 0 Å². The molecule has 0 radical (unpaired) electrons. The molecule has 4 rings (SSSR count). The van der Waals surface area contributed by atoms with Crippen LogP contribution < -0.4 is 5.73 Å². The summed E-state index contributed by atoms with van der Waals surface area (Å²) in [5.74, 6) is -4.04. The van der Waals surface area contributed by atoms with E-state index in [4.69, 9.17) is 10.2 Å². The summed E-state index contributed by atoms with van der Waals surface area (Å²) in [4.78, 5) is 16.1. The molecule has 30 heavy (non-hydrogen) atoms. The highest BCUT2D eigenvalue weighted by Crippen LogP contribution is 2.44. The maximum absolute atomic E-state index is 14.7. The third-order valence-electron chi connectivity index (χ3n) is 4.71.